The van der Waals surface area contributed by atoms with E-state index >= 15 is 0 Å². The van der Waals surface area contributed by atoms with Gasteiger partial charge in [0, 0.05) is 30.8 Å². The van der Waals surface area contributed by atoms with Gasteiger partial charge in [-0.15, -0.1) is 0 Å². The molecule has 0 bridgehead atoms. The lowest BCUT2D eigenvalue weighted by atomic mass is 9.93. The van der Waals surface area contributed by atoms with Crippen LogP contribution in [0.3, 0.4) is 0 Å². The number of carbonyl (C=O) groups is 2. The van der Waals surface area contributed by atoms with Gasteiger partial charge < -0.3 is 18.6 Å². The van der Waals surface area contributed by atoms with Crippen LogP contribution in [0.1, 0.15) is 68.2 Å². The van der Waals surface area contributed by atoms with Crippen molar-refractivity contribution in [2.24, 2.45) is 29.1 Å². The molecule has 2 saturated carbocycles. The number of hydrogen-bond donors (Lipinski definition) is 0. The Morgan fingerprint density at radius 3 is 2.16 bits per heavy atom. The molecule has 2 saturated heterocycles. The summed E-state index contributed by atoms with van der Waals surface area (Å²) < 4.78 is 24.6. The van der Waals surface area contributed by atoms with Crippen molar-refractivity contribution in [1.29, 1.82) is 0 Å². The van der Waals surface area contributed by atoms with Crippen LogP contribution in [-0.4, -0.2) is 45.4 Å². The van der Waals surface area contributed by atoms with Gasteiger partial charge in [-0.25, -0.2) is 0 Å². The summed E-state index contributed by atoms with van der Waals surface area (Å²) in [5.74, 6) is 0.0290. The molecule has 0 unspecified atom stereocenters. The van der Waals surface area contributed by atoms with E-state index in [9.17, 15) is 9.59 Å². The van der Waals surface area contributed by atoms with Crippen molar-refractivity contribution in [1.82, 2.24) is 0 Å². The maximum absolute atomic E-state index is 12.2. The Bertz CT molecular complexity index is 710. The van der Waals surface area contributed by atoms with E-state index in [-0.39, 0.29) is 53.2 Å². The highest BCUT2D eigenvalue weighted by Gasteiger charge is 2.72. The Morgan fingerprint density at radius 2 is 1.65 bits per heavy atom. The van der Waals surface area contributed by atoms with Crippen LogP contribution in [0.15, 0.2) is 0 Å². The summed E-state index contributed by atoms with van der Waals surface area (Å²) in [6, 6.07) is 0. The molecular weight excluding hydrogens is 412 g/mol. The fraction of sp³-hybridized carbons (Fsp3) is 0.917. The van der Waals surface area contributed by atoms with Crippen molar-refractivity contribution in [3.05, 3.63) is 0 Å². The van der Waals surface area contributed by atoms with E-state index in [4.69, 9.17) is 18.6 Å². The van der Waals surface area contributed by atoms with Gasteiger partial charge in [0.05, 0.1) is 18.4 Å². The van der Waals surface area contributed by atoms with Crippen LogP contribution in [0, 0.1) is 29.1 Å². The zero-order valence-corrected chi connectivity index (χ0v) is 21.3. The summed E-state index contributed by atoms with van der Waals surface area (Å²) in [5.41, 5.74) is 1.43. The highest BCUT2D eigenvalue weighted by atomic mass is 28.4. The van der Waals surface area contributed by atoms with Gasteiger partial charge in [0.2, 0.25) is 6.29 Å². The first-order valence-electron chi connectivity index (χ1n) is 12.1. The molecule has 2 aliphatic heterocycles. The molecule has 4 fully saturated rings. The Hall–Kier alpha value is -0.923. The third kappa shape index (κ3) is 3.59. The Balaban J connectivity index is 1.51. The van der Waals surface area contributed by atoms with Crippen LogP contribution in [0.5, 0.6) is 0 Å². The van der Waals surface area contributed by atoms with E-state index < -0.39 is 14.6 Å². The Labute approximate surface area is 187 Å². The first kappa shape index (κ1) is 23.2. The molecule has 6 nitrogen and oxygen atoms in total. The average Bonchev–Trinajstić information content (AvgIpc) is 2.93. The molecule has 0 aromatic heterocycles. The van der Waals surface area contributed by atoms with Gasteiger partial charge in [0.15, 0.2) is 8.32 Å². The molecular formula is C24H40O6Si. The number of cyclic esters (lactones) is 1. The zero-order valence-electron chi connectivity index (χ0n) is 20.3. The largest absolute Gasteiger partial charge is 0.462 e. The minimum Gasteiger partial charge on any atom is -0.462 e. The number of hydrogen-bond acceptors (Lipinski definition) is 6. The molecule has 0 aromatic rings. The average molecular weight is 453 g/mol. The Kier molecular flexibility index (Phi) is 5.88. The predicted octanol–water partition coefficient (Wildman–Crippen LogP) is 4.67. The van der Waals surface area contributed by atoms with Crippen molar-refractivity contribution in [2.45, 2.75) is 103 Å². The van der Waals surface area contributed by atoms with Crippen molar-refractivity contribution in [2.75, 3.05) is 6.61 Å². The topological polar surface area (TPSA) is 71.1 Å². The second-order valence-electron chi connectivity index (χ2n) is 11.7. The van der Waals surface area contributed by atoms with Gasteiger partial charge in [-0.05, 0) is 22.0 Å². The third-order valence-corrected chi connectivity index (χ3v) is 15.0. The molecule has 0 amide bonds. The second kappa shape index (κ2) is 7.84. The minimum absolute atomic E-state index is 0.0474. The van der Waals surface area contributed by atoms with Crippen LogP contribution >= 0.6 is 0 Å². The van der Waals surface area contributed by atoms with Gasteiger partial charge in [0.1, 0.15) is 6.10 Å². The van der Waals surface area contributed by atoms with Crippen molar-refractivity contribution in [3.8, 4) is 0 Å². The highest BCUT2D eigenvalue weighted by molar-refractivity contribution is 6.77. The zero-order chi connectivity index (χ0) is 22.9. The van der Waals surface area contributed by atoms with Gasteiger partial charge >= 0.3 is 11.9 Å². The smallest absolute Gasteiger partial charge is 0.312 e. The number of rotatable bonds is 8. The SMILES string of the molecule is CC(C)[Si](OC[C@H]1[C@@H]2CC(=O)O[C@@H]2C[C@@H]1O[C@@H]1OC(=O)[C@@H]2[C@H]1C2(C)C)(C(C)C)C(C)C. The summed E-state index contributed by atoms with van der Waals surface area (Å²) in [6.07, 6.45) is 0.376. The number of ether oxygens (including phenoxy) is 3. The summed E-state index contributed by atoms with van der Waals surface area (Å²) in [4.78, 5) is 24.2. The maximum Gasteiger partial charge on any atom is 0.312 e. The van der Waals surface area contributed by atoms with E-state index in [0.717, 1.165) is 0 Å². The highest BCUT2D eigenvalue weighted by Crippen LogP contribution is 2.65. The molecule has 0 aromatic carbocycles. The fourth-order valence-electron chi connectivity index (χ4n) is 7.27. The molecule has 176 valence electrons. The van der Waals surface area contributed by atoms with E-state index in [0.29, 0.717) is 36.1 Å². The molecule has 4 aliphatic rings. The number of esters is 2. The van der Waals surface area contributed by atoms with Gasteiger partial charge in [0.25, 0.3) is 0 Å². The summed E-state index contributed by atoms with van der Waals surface area (Å²) in [7, 11) is -2.04. The van der Waals surface area contributed by atoms with E-state index in [1.807, 2.05) is 0 Å². The van der Waals surface area contributed by atoms with Gasteiger partial charge in [-0.3, -0.25) is 9.59 Å². The first-order chi connectivity index (χ1) is 14.4. The quantitative estimate of drug-likeness (QED) is 0.394. The summed E-state index contributed by atoms with van der Waals surface area (Å²) in [5, 5.41) is 0. The van der Waals surface area contributed by atoms with Crippen LogP contribution in [0.2, 0.25) is 16.6 Å². The number of carbonyl (C=O) groups excluding carboxylic acids is 2. The van der Waals surface area contributed by atoms with Crippen molar-refractivity contribution < 1.29 is 28.2 Å². The maximum atomic E-state index is 12.2. The van der Waals surface area contributed by atoms with Crippen LogP contribution < -0.4 is 0 Å². The van der Waals surface area contributed by atoms with E-state index in [2.05, 4.69) is 55.4 Å². The lowest BCUT2D eigenvalue weighted by molar-refractivity contribution is -0.193. The van der Waals surface area contributed by atoms with Crippen LogP contribution in [-0.2, 0) is 28.2 Å². The molecule has 2 aliphatic carbocycles. The molecule has 31 heavy (non-hydrogen) atoms. The molecule has 0 radical (unpaired) electrons. The molecule has 7 atom stereocenters. The van der Waals surface area contributed by atoms with Gasteiger partial charge in [-0.1, -0.05) is 55.4 Å². The monoisotopic (exact) mass is 452 g/mol. The van der Waals surface area contributed by atoms with E-state index in [1.54, 1.807) is 0 Å². The molecule has 0 spiro atoms. The summed E-state index contributed by atoms with van der Waals surface area (Å²) >= 11 is 0. The third-order valence-electron chi connectivity index (χ3n) is 8.89. The molecule has 7 heteroatoms. The normalized spacial score (nSPS) is 38.6. The summed E-state index contributed by atoms with van der Waals surface area (Å²) in [6.45, 7) is 18.5. The van der Waals surface area contributed by atoms with Crippen molar-refractivity contribution in [3.63, 3.8) is 0 Å². The fourth-order valence-corrected chi connectivity index (χ4v) is 12.7. The second-order valence-corrected chi connectivity index (χ2v) is 17.2. The van der Waals surface area contributed by atoms with Gasteiger partial charge in [-0.2, -0.15) is 0 Å². The lowest BCUT2D eigenvalue weighted by Crippen LogP contribution is -2.49. The molecule has 2 heterocycles. The number of fused-ring (bicyclic) bond motifs is 2. The van der Waals surface area contributed by atoms with Crippen molar-refractivity contribution >= 4 is 20.3 Å². The predicted molar refractivity (Wildman–Crippen MR) is 119 cm³/mol. The van der Waals surface area contributed by atoms with Crippen LogP contribution in [0.25, 0.3) is 0 Å². The van der Waals surface area contributed by atoms with Crippen LogP contribution in [0.4, 0.5) is 0 Å². The minimum atomic E-state index is -2.04. The van der Waals surface area contributed by atoms with E-state index in [1.165, 1.54) is 0 Å². The molecule has 4 rings (SSSR count). The Morgan fingerprint density at radius 1 is 1.03 bits per heavy atom. The standard InChI is InChI=1S/C24H40O6Si/c1-12(2)31(13(3)4,14(5)6)27-11-16-15-9-19(25)28-17(15)10-18(16)29-23-21-20(22(26)30-23)24(21,7)8/h12-18,20-21,23H,9-11H2,1-8H3/t15-,16-,17+,18-,20-,21+,23+/m0/s1. The lowest BCUT2D eigenvalue weighted by Gasteiger charge is -2.43. The molecule has 0 N–H and O–H groups in total. The first-order valence-corrected chi connectivity index (χ1v) is 14.2.